The van der Waals surface area contributed by atoms with Gasteiger partial charge in [0, 0.05) is 25.4 Å². The van der Waals surface area contributed by atoms with E-state index < -0.39 is 0 Å². The van der Waals surface area contributed by atoms with Gasteiger partial charge >= 0.3 is 0 Å². The highest BCUT2D eigenvalue weighted by Crippen LogP contribution is 2.33. The van der Waals surface area contributed by atoms with Crippen molar-refractivity contribution >= 4 is 0 Å². The zero-order chi connectivity index (χ0) is 16.2. The lowest BCUT2D eigenvalue weighted by Crippen LogP contribution is -2.55. The third-order valence-corrected chi connectivity index (χ3v) is 4.40. The van der Waals surface area contributed by atoms with Crippen LogP contribution in [0.25, 0.3) is 0 Å². The fourth-order valence-corrected chi connectivity index (χ4v) is 3.23. The molecule has 3 heteroatoms. The molecule has 24 heavy (non-hydrogen) atoms. The van der Waals surface area contributed by atoms with E-state index in [2.05, 4.69) is 70.5 Å². The van der Waals surface area contributed by atoms with Gasteiger partial charge in [0.15, 0.2) is 0 Å². The predicted octanol–water partition coefficient (Wildman–Crippen LogP) is 3.93. The maximum Gasteiger partial charge on any atom is 0.213 e. The molecule has 1 aliphatic heterocycles. The van der Waals surface area contributed by atoms with Gasteiger partial charge in [0.2, 0.25) is 5.88 Å². The Morgan fingerprint density at radius 3 is 1.92 bits per heavy atom. The van der Waals surface area contributed by atoms with Gasteiger partial charge in [-0.15, -0.1) is 0 Å². The van der Waals surface area contributed by atoms with Crippen LogP contribution in [0.5, 0.6) is 5.88 Å². The fraction of sp³-hybridized carbons (Fsp3) is 0.190. The quantitative estimate of drug-likeness (QED) is 0.713. The molecule has 1 saturated heterocycles. The first kappa shape index (κ1) is 14.9. The molecule has 0 saturated carbocycles. The van der Waals surface area contributed by atoms with Crippen LogP contribution in [-0.2, 0) is 0 Å². The van der Waals surface area contributed by atoms with Gasteiger partial charge in [0.1, 0.15) is 6.10 Å². The largest absolute Gasteiger partial charge is 0.472 e. The Kier molecular flexibility index (Phi) is 4.26. The van der Waals surface area contributed by atoms with E-state index in [4.69, 9.17) is 4.74 Å². The molecule has 120 valence electrons. The molecule has 3 nitrogen and oxygen atoms in total. The molecule has 1 aromatic heterocycles. The van der Waals surface area contributed by atoms with Crippen LogP contribution in [0.1, 0.15) is 17.2 Å². The zero-order valence-electron chi connectivity index (χ0n) is 13.5. The van der Waals surface area contributed by atoms with Crippen molar-refractivity contribution in [2.75, 3.05) is 13.1 Å². The van der Waals surface area contributed by atoms with Crippen LogP contribution >= 0.6 is 0 Å². The number of likely N-dealkylation sites (tertiary alicyclic amines) is 1. The Morgan fingerprint density at radius 1 is 0.792 bits per heavy atom. The first-order valence-electron chi connectivity index (χ1n) is 8.32. The summed E-state index contributed by atoms with van der Waals surface area (Å²) in [5, 5.41) is 0. The van der Waals surface area contributed by atoms with Gasteiger partial charge in [-0.05, 0) is 17.2 Å². The summed E-state index contributed by atoms with van der Waals surface area (Å²) in [6, 6.07) is 27.4. The SMILES string of the molecule is c1ccc(C(c2ccccc2)N2CC(Oc3ccccn3)C2)cc1. The Bertz CT molecular complexity index is 716. The smallest absolute Gasteiger partial charge is 0.213 e. The average Bonchev–Trinajstić information content (AvgIpc) is 2.62. The standard InChI is InChI=1S/C21H20N2O/c1-3-9-17(10-4-1)21(18-11-5-2-6-12-18)23-15-19(16-23)24-20-13-7-8-14-22-20/h1-14,19,21H,15-16H2. The molecular weight excluding hydrogens is 296 g/mol. The maximum atomic E-state index is 5.95. The summed E-state index contributed by atoms with van der Waals surface area (Å²) in [5.74, 6) is 0.707. The van der Waals surface area contributed by atoms with Crippen LogP contribution in [0.2, 0.25) is 0 Å². The van der Waals surface area contributed by atoms with Crippen molar-refractivity contribution < 1.29 is 4.74 Å². The van der Waals surface area contributed by atoms with Crippen molar-refractivity contribution in [2.45, 2.75) is 12.1 Å². The van der Waals surface area contributed by atoms with Crippen LogP contribution in [0.4, 0.5) is 0 Å². The van der Waals surface area contributed by atoms with Crippen molar-refractivity contribution in [3.05, 3.63) is 96.2 Å². The molecule has 4 rings (SSSR count). The van der Waals surface area contributed by atoms with E-state index in [0.29, 0.717) is 5.88 Å². The summed E-state index contributed by atoms with van der Waals surface area (Å²) in [7, 11) is 0. The van der Waals surface area contributed by atoms with E-state index in [1.165, 1.54) is 11.1 Å². The van der Waals surface area contributed by atoms with Crippen LogP contribution in [0, 0.1) is 0 Å². The molecule has 0 unspecified atom stereocenters. The van der Waals surface area contributed by atoms with E-state index >= 15 is 0 Å². The monoisotopic (exact) mass is 316 g/mol. The van der Waals surface area contributed by atoms with Gasteiger partial charge in [0.25, 0.3) is 0 Å². The van der Waals surface area contributed by atoms with Crippen molar-refractivity contribution in [2.24, 2.45) is 0 Å². The first-order valence-corrected chi connectivity index (χ1v) is 8.32. The third kappa shape index (κ3) is 3.17. The number of hydrogen-bond donors (Lipinski definition) is 0. The number of pyridine rings is 1. The minimum Gasteiger partial charge on any atom is -0.472 e. The highest BCUT2D eigenvalue weighted by atomic mass is 16.5. The summed E-state index contributed by atoms with van der Waals surface area (Å²) < 4.78 is 5.95. The molecule has 0 bridgehead atoms. The van der Waals surface area contributed by atoms with Crippen molar-refractivity contribution in [3.63, 3.8) is 0 Å². The minimum absolute atomic E-state index is 0.204. The van der Waals surface area contributed by atoms with E-state index in [9.17, 15) is 0 Å². The number of nitrogens with zero attached hydrogens (tertiary/aromatic N) is 2. The topological polar surface area (TPSA) is 25.4 Å². The van der Waals surface area contributed by atoms with Crippen molar-refractivity contribution in [1.29, 1.82) is 0 Å². The summed E-state index contributed by atoms with van der Waals surface area (Å²) in [4.78, 5) is 6.70. The number of aromatic nitrogens is 1. The van der Waals surface area contributed by atoms with E-state index in [0.717, 1.165) is 13.1 Å². The molecule has 1 fully saturated rings. The van der Waals surface area contributed by atoms with Crippen LogP contribution < -0.4 is 4.74 Å². The molecular formula is C21H20N2O. The van der Waals surface area contributed by atoms with Gasteiger partial charge in [-0.3, -0.25) is 4.90 Å². The average molecular weight is 316 g/mol. The number of hydrogen-bond acceptors (Lipinski definition) is 3. The molecule has 0 aliphatic carbocycles. The molecule has 1 aliphatic rings. The highest BCUT2D eigenvalue weighted by molar-refractivity contribution is 5.32. The predicted molar refractivity (Wildman–Crippen MR) is 95.0 cm³/mol. The number of rotatable bonds is 5. The summed E-state index contributed by atoms with van der Waals surface area (Å²) in [6.45, 7) is 1.82. The molecule has 2 heterocycles. The Hall–Kier alpha value is -2.65. The van der Waals surface area contributed by atoms with E-state index in [-0.39, 0.29) is 12.1 Å². The molecule has 3 aromatic rings. The Morgan fingerprint density at radius 2 is 1.38 bits per heavy atom. The Balaban J connectivity index is 1.50. The summed E-state index contributed by atoms with van der Waals surface area (Å²) in [5.41, 5.74) is 2.64. The lowest BCUT2D eigenvalue weighted by atomic mass is 9.94. The second-order valence-electron chi connectivity index (χ2n) is 6.09. The Labute approximate surface area is 142 Å². The molecule has 0 N–H and O–H groups in total. The maximum absolute atomic E-state index is 5.95. The van der Waals surface area contributed by atoms with Crippen LogP contribution in [0.3, 0.4) is 0 Å². The van der Waals surface area contributed by atoms with E-state index in [1.54, 1.807) is 6.20 Å². The van der Waals surface area contributed by atoms with Gasteiger partial charge in [0.05, 0.1) is 6.04 Å². The fourth-order valence-electron chi connectivity index (χ4n) is 3.23. The zero-order valence-corrected chi connectivity index (χ0v) is 13.5. The van der Waals surface area contributed by atoms with Crippen LogP contribution in [-0.4, -0.2) is 29.1 Å². The highest BCUT2D eigenvalue weighted by Gasteiger charge is 2.35. The summed E-state index contributed by atoms with van der Waals surface area (Å²) in [6.07, 6.45) is 1.97. The van der Waals surface area contributed by atoms with Gasteiger partial charge < -0.3 is 4.74 Å². The minimum atomic E-state index is 0.204. The van der Waals surface area contributed by atoms with Gasteiger partial charge in [-0.2, -0.15) is 0 Å². The van der Waals surface area contributed by atoms with Gasteiger partial charge in [-0.25, -0.2) is 4.98 Å². The lowest BCUT2D eigenvalue weighted by Gasteiger charge is -2.44. The second-order valence-corrected chi connectivity index (χ2v) is 6.09. The van der Waals surface area contributed by atoms with Crippen molar-refractivity contribution in [3.8, 4) is 5.88 Å². The van der Waals surface area contributed by atoms with E-state index in [1.807, 2.05) is 18.2 Å². The third-order valence-electron chi connectivity index (χ3n) is 4.40. The lowest BCUT2D eigenvalue weighted by molar-refractivity contribution is -0.00215. The normalized spacial score (nSPS) is 15.2. The molecule has 0 spiro atoms. The molecule has 2 aromatic carbocycles. The van der Waals surface area contributed by atoms with Crippen molar-refractivity contribution in [1.82, 2.24) is 9.88 Å². The van der Waals surface area contributed by atoms with Crippen LogP contribution in [0.15, 0.2) is 85.1 Å². The first-order chi connectivity index (χ1) is 11.9. The second kappa shape index (κ2) is 6.85. The molecule has 0 radical (unpaired) electrons. The summed E-state index contributed by atoms with van der Waals surface area (Å²) >= 11 is 0. The number of ether oxygens (including phenoxy) is 1. The number of benzene rings is 2. The molecule has 0 amide bonds. The van der Waals surface area contributed by atoms with Gasteiger partial charge in [-0.1, -0.05) is 66.7 Å². The molecule has 0 atom stereocenters.